The molecule has 18 nitrogen and oxygen atoms in total. The number of hydrogen-bond acceptors (Lipinski definition) is 13. The maximum Gasteiger partial charge on any atom is 0.407 e. The van der Waals surface area contributed by atoms with Crippen molar-refractivity contribution >= 4 is 76.4 Å². The number of amides is 7. The Morgan fingerprint density at radius 2 is 1.60 bits per heavy atom. The average Bonchev–Trinajstić information content (AvgIpc) is 3.68. The molecule has 20 heteroatoms. The van der Waals surface area contributed by atoms with Gasteiger partial charge in [-0.2, -0.15) is 0 Å². The average molecular weight is 1040 g/mol. The number of hydrogen-bond donors (Lipinski definition) is 4. The van der Waals surface area contributed by atoms with Crippen LogP contribution in [0, 0.1) is 5.41 Å². The molecule has 0 spiro atoms. The number of alkyl carbamates (subject to hydrolysis) is 1. The van der Waals surface area contributed by atoms with Gasteiger partial charge in [-0.3, -0.25) is 39.0 Å². The Kier molecular flexibility index (Phi) is 19.2. The number of ether oxygens (including phenoxy) is 1. The summed E-state index contributed by atoms with van der Waals surface area (Å²) >= 11 is 8.12. The summed E-state index contributed by atoms with van der Waals surface area (Å²) in [5.74, 6) is -0.501. The van der Waals surface area contributed by atoms with Crippen molar-refractivity contribution in [2.75, 3.05) is 62.6 Å². The zero-order valence-electron chi connectivity index (χ0n) is 42.7. The maximum atomic E-state index is 13.1. The lowest BCUT2D eigenvalue weighted by molar-refractivity contribution is -0.137. The topological polar surface area (TPSA) is 216 Å². The number of nitrogens with one attached hydrogen (secondary N) is 4. The SMILES string of the molecule is CC1(CNC(=O)OC(C)(C)C)CCN(c2cnc(Sc3cccc(NC(=O)CCC(=O)N4CCN(CCCCCCCCC(=O)NCc5ccc6c(c5)CN(C5CCC(=O)NC5=O)C6=O)CC4)c3Cl)cn2)CC1. The van der Waals surface area contributed by atoms with Gasteiger partial charge in [0.1, 0.15) is 22.5 Å². The van der Waals surface area contributed by atoms with Gasteiger partial charge in [0.25, 0.3) is 5.91 Å². The van der Waals surface area contributed by atoms with Crippen LogP contribution in [0.2, 0.25) is 5.02 Å². The third-order valence-corrected chi connectivity index (χ3v) is 15.4. The van der Waals surface area contributed by atoms with Crippen LogP contribution in [0.25, 0.3) is 0 Å². The van der Waals surface area contributed by atoms with E-state index < -0.39 is 23.6 Å². The molecule has 4 aliphatic heterocycles. The first-order valence-corrected chi connectivity index (χ1v) is 26.9. The Labute approximate surface area is 437 Å². The Balaban J connectivity index is 0.708. The maximum absolute atomic E-state index is 13.1. The molecule has 2 aromatic carbocycles. The molecule has 0 bridgehead atoms. The first-order valence-electron chi connectivity index (χ1n) is 25.8. The summed E-state index contributed by atoms with van der Waals surface area (Å²) in [5, 5.41) is 12.2. The van der Waals surface area contributed by atoms with Crippen LogP contribution in [0.1, 0.15) is 133 Å². The van der Waals surface area contributed by atoms with Crippen LogP contribution in [-0.2, 0) is 41.8 Å². The lowest BCUT2D eigenvalue weighted by atomic mass is 9.80. The van der Waals surface area contributed by atoms with Gasteiger partial charge in [-0.05, 0) is 94.2 Å². The lowest BCUT2D eigenvalue weighted by Gasteiger charge is -2.40. The number of aromatic nitrogens is 2. The van der Waals surface area contributed by atoms with Gasteiger partial charge in [0.15, 0.2) is 0 Å². The minimum atomic E-state index is -0.655. The van der Waals surface area contributed by atoms with Gasteiger partial charge in [0, 0.05) is 95.0 Å². The Morgan fingerprint density at radius 1 is 0.863 bits per heavy atom. The van der Waals surface area contributed by atoms with Crippen molar-refractivity contribution in [3.05, 3.63) is 70.5 Å². The van der Waals surface area contributed by atoms with Crippen LogP contribution in [0.15, 0.2) is 58.7 Å². The summed E-state index contributed by atoms with van der Waals surface area (Å²) in [4.78, 5) is 106. The van der Waals surface area contributed by atoms with Crippen LogP contribution in [0.4, 0.5) is 16.3 Å². The molecule has 1 aromatic heterocycles. The molecule has 394 valence electrons. The van der Waals surface area contributed by atoms with Gasteiger partial charge in [-0.1, -0.05) is 74.2 Å². The molecule has 0 aliphatic carbocycles. The third kappa shape index (κ3) is 16.1. The van der Waals surface area contributed by atoms with E-state index in [1.807, 2.05) is 49.9 Å². The molecule has 1 unspecified atom stereocenters. The molecule has 1 atom stereocenters. The largest absolute Gasteiger partial charge is 0.444 e. The fourth-order valence-corrected chi connectivity index (χ4v) is 10.6. The second kappa shape index (κ2) is 25.4. The summed E-state index contributed by atoms with van der Waals surface area (Å²) in [6.07, 6.45) is 12.1. The van der Waals surface area contributed by atoms with Crippen LogP contribution in [0.3, 0.4) is 0 Å². The van der Waals surface area contributed by atoms with E-state index in [-0.39, 0.29) is 54.2 Å². The number of nitrogens with zero attached hydrogens (tertiary/aromatic N) is 6. The highest BCUT2D eigenvalue weighted by atomic mass is 35.5. The standard InChI is InChI=1S/C53H71ClN10O8S/c1-52(2,3)72-51(71)58-35-53(4)21-24-62(25-22-53)42-32-57-46(33-55-42)73-41-13-11-12-39(48(41)54)59-44(66)19-20-47(68)63-28-26-61(27-29-63)23-10-8-6-5-7-9-14-43(65)56-31-36-15-16-38-37(30-36)34-64(50(38)70)40-17-18-45(67)60-49(40)69/h11-13,15-16,30,32-33,40H,5-10,14,17-29,31,34-35H2,1-4H3,(H,56,65)(H,58,71)(H,59,66)(H,60,67,69). The zero-order valence-corrected chi connectivity index (χ0v) is 44.3. The van der Waals surface area contributed by atoms with E-state index in [1.54, 1.807) is 24.5 Å². The molecule has 73 heavy (non-hydrogen) atoms. The number of halogens is 1. The predicted octanol–water partition coefficient (Wildman–Crippen LogP) is 7.08. The molecule has 0 radical (unpaired) electrons. The lowest BCUT2D eigenvalue weighted by Crippen LogP contribution is -2.52. The Hall–Kier alpha value is -5.79. The Bertz CT molecular complexity index is 2470. The molecule has 3 saturated heterocycles. The number of rotatable bonds is 21. The minimum absolute atomic E-state index is 0.00756. The van der Waals surface area contributed by atoms with Crippen molar-refractivity contribution in [3.63, 3.8) is 0 Å². The molecule has 3 aromatic rings. The van der Waals surface area contributed by atoms with Crippen LogP contribution < -0.4 is 26.2 Å². The summed E-state index contributed by atoms with van der Waals surface area (Å²) in [5.41, 5.74) is 2.14. The molecule has 3 fully saturated rings. The van der Waals surface area contributed by atoms with E-state index >= 15 is 0 Å². The molecule has 4 N–H and O–H groups in total. The number of carbonyl (C=O) groups excluding carboxylic acids is 7. The molecular formula is C53H71ClN10O8S. The molecule has 7 rings (SSSR count). The molecule has 0 saturated carbocycles. The van der Waals surface area contributed by atoms with Crippen LogP contribution in [0.5, 0.6) is 0 Å². The quantitative estimate of drug-likeness (QED) is 0.0621. The van der Waals surface area contributed by atoms with Gasteiger partial charge < -0.3 is 35.4 Å². The Morgan fingerprint density at radius 3 is 2.32 bits per heavy atom. The second-order valence-electron chi connectivity index (χ2n) is 20.9. The van der Waals surface area contributed by atoms with E-state index in [2.05, 4.69) is 48.0 Å². The first-order chi connectivity index (χ1) is 34.9. The van der Waals surface area contributed by atoms with Gasteiger partial charge in [0.2, 0.25) is 29.5 Å². The normalized spacial score (nSPS) is 18.0. The number of imide groups is 1. The summed E-state index contributed by atoms with van der Waals surface area (Å²) in [6.45, 7) is 14.4. The number of fused-ring (bicyclic) bond motifs is 1. The summed E-state index contributed by atoms with van der Waals surface area (Å²) in [7, 11) is 0. The number of carbonyl (C=O) groups is 7. The van der Waals surface area contributed by atoms with Crippen molar-refractivity contribution in [1.82, 2.24) is 40.6 Å². The van der Waals surface area contributed by atoms with Crippen molar-refractivity contribution in [3.8, 4) is 0 Å². The number of unbranched alkanes of at least 4 members (excludes halogenated alkanes) is 5. The highest BCUT2D eigenvalue weighted by molar-refractivity contribution is 7.99. The van der Waals surface area contributed by atoms with Gasteiger partial charge in [0.05, 0.1) is 23.1 Å². The number of anilines is 2. The number of piperidine rings is 2. The van der Waals surface area contributed by atoms with Crippen LogP contribution >= 0.6 is 23.4 Å². The fourth-order valence-electron chi connectivity index (χ4n) is 9.54. The molecule has 5 heterocycles. The third-order valence-electron chi connectivity index (χ3n) is 13.9. The van der Waals surface area contributed by atoms with Crippen molar-refractivity contribution in [1.29, 1.82) is 0 Å². The van der Waals surface area contributed by atoms with Crippen molar-refractivity contribution in [2.24, 2.45) is 5.41 Å². The monoisotopic (exact) mass is 1040 g/mol. The van der Waals surface area contributed by atoms with Gasteiger partial charge in [-0.25, -0.2) is 14.8 Å². The highest BCUT2D eigenvalue weighted by Crippen LogP contribution is 2.38. The fraction of sp³-hybridized carbons (Fsp3) is 0.566. The molecule has 4 aliphatic rings. The van der Waals surface area contributed by atoms with E-state index in [0.717, 1.165) is 106 Å². The van der Waals surface area contributed by atoms with Crippen molar-refractivity contribution < 1.29 is 38.3 Å². The van der Waals surface area contributed by atoms with Gasteiger partial charge >= 0.3 is 6.09 Å². The highest BCUT2D eigenvalue weighted by Gasteiger charge is 2.39. The molecule has 7 amide bonds. The smallest absolute Gasteiger partial charge is 0.407 e. The number of piperazine rings is 1. The second-order valence-corrected chi connectivity index (χ2v) is 22.3. The van der Waals surface area contributed by atoms with E-state index in [9.17, 15) is 33.6 Å². The van der Waals surface area contributed by atoms with Gasteiger partial charge in [-0.15, -0.1) is 0 Å². The summed E-state index contributed by atoms with van der Waals surface area (Å²) < 4.78 is 5.39. The van der Waals surface area contributed by atoms with Crippen LogP contribution in [-0.4, -0.2) is 130 Å². The van der Waals surface area contributed by atoms with E-state index in [0.29, 0.717) is 66.9 Å². The van der Waals surface area contributed by atoms with E-state index in [1.165, 1.54) is 16.7 Å². The molecular weight excluding hydrogens is 972 g/mol. The predicted molar refractivity (Wildman–Crippen MR) is 279 cm³/mol. The first kappa shape index (κ1) is 55.0. The van der Waals surface area contributed by atoms with E-state index in [4.69, 9.17) is 16.3 Å². The number of benzene rings is 2. The summed E-state index contributed by atoms with van der Waals surface area (Å²) in [6, 6.07) is 10.3. The minimum Gasteiger partial charge on any atom is -0.444 e. The van der Waals surface area contributed by atoms with Crippen molar-refractivity contribution in [2.45, 2.75) is 146 Å². The zero-order chi connectivity index (χ0) is 52.1.